The maximum atomic E-state index is 13.8. The third kappa shape index (κ3) is 4.49. The zero-order chi connectivity index (χ0) is 21.1. The number of amides is 1. The van der Waals surface area contributed by atoms with E-state index in [2.05, 4.69) is 15.3 Å². The molecule has 0 bridgehead atoms. The quantitative estimate of drug-likeness (QED) is 0.547. The number of aryl methyl sites for hydroxylation is 1. The van der Waals surface area contributed by atoms with Crippen LogP contribution >= 0.6 is 23.2 Å². The van der Waals surface area contributed by atoms with E-state index in [9.17, 15) is 9.18 Å². The molecule has 1 atom stereocenters. The van der Waals surface area contributed by atoms with E-state index in [1.807, 2.05) is 0 Å². The standard InChI is InChI=1S/C21H18Cl2FN3O2/c1-11-18(29-12(2)19-15(22)5-6-16(24)20(19)23)8-14(10-26-11)13-4-7-17(27-9-13)21(28)25-3/h4-10,12H,1-3H3,(H,25,28)/t12-/m1/s1. The van der Waals surface area contributed by atoms with Crippen LogP contribution in [0.2, 0.25) is 10.0 Å². The molecule has 1 N–H and O–H groups in total. The number of nitrogens with zero attached hydrogens (tertiary/aromatic N) is 2. The second-order valence-electron chi connectivity index (χ2n) is 6.34. The molecule has 2 heterocycles. The number of halogens is 3. The molecule has 3 rings (SSSR count). The fraction of sp³-hybridized carbons (Fsp3) is 0.190. The molecule has 0 aliphatic heterocycles. The van der Waals surface area contributed by atoms with Gasteiger partial charge in [0.15, 0.2) is 0 Å². The van der Waals surface area contributed by atoms with Gasteiger partial charge < -0.3 is 10.1 Å². The number of aromatic nitrogens is 2. The fourth-order valence-electron chi connectivity index (χ4n) is 2.78. The van der Waals surface area contributed by atoms with Gasteiger partial charge in [0.25, 0.3) is 5.91 Å². The van der Waals surface area contributed by atoms with Gasteiger partial charge in [0.1, 0.15) is 23.4 Å². The summed E-state index contributed by atoms with van der Waals surface area (Å²) < 4.78 is 19.9. The van der Waals surface area contributed by atoms with Gasteiger partial charge in [-0.15, -0.1) is 0 Å². The molecule has 3 aromatic rings. The average Bonchev–Trinajstić information content (AvgIpc) is 2.72. The lowest BCUT2D eigenvalue weighted by molar-refractivity contribution is 0.0958. The first kappa shape index (κ1) is 21.0. The Morgan fingerprint density at radius 1 is 1.14 bits per heavy atom. The molecular formula is C21H18Cl2FN3O2. The van der Waals surface area contributed by atoms with Crippen LogP contribution in [0.15, 0.2) is 42.7 Å². The number of nitrogens with one attached hydrogen (secondary N) is 1. The van der Waals surface area contributed by atoms with Crippen molar-refractivity contribution in [1.82, 2.24) is 15.3 Å². The minimum Gasteiger partial charge on any atom is -0.484 e. The molecular weight excluding hydrogens is 416 g/mol. The molecule has 1 amide bonds. The van der Waals surface area contributed by atoms with E-state index in [0.717, 1.165) is 11.1 Å². The van der Waals surface area contributed by atoms with Crippen LogP contribution in [0.4, 0.5) is 4.39 Å². The number of carbonyl (C=O) groups is 1. The first-order valence-electron chi connectivity index (χ1n) is 8.77. The monoisotopic (exact) mass is 433 g/mol. The first-order chi connectivity index (χ1) is 13.8. The summed E-state index contributed by atoms with van der Waals surface area (Å²) in [6, 6.07) is 7.86. The summed E-state index contributed by atoms with van der Waals surface area (Å²) in [5, 5.41) is 2.78. The van der Waals surface area contributed by atoms with E-state index in [4.69, 9.17) is 27.9 Å². The number of rotatable bonds is 5. The van der Waals surface area contributed by atoms with E-state index < -0.39 is 11.9 Å². The van der Waals surface area contributed by atoms with Crippen molar-refractivity contribution in [2.75, 3.05) is 7.05 Å². The van der Waals surface area contributed by atoms with Crippen LogP contribution in [0, 0.1) is 12.7 Å². The highest BCUT2D eigenvalue weighted by atomic mass is 35.5. The van der Waals surface area contributed by atoms with Gasteiger partial charge in [-0.25, -0.2) is 4.39 Å². The lowest BCUT2D eigenvalue weighted by atomic mass is 10.1. The second kappa shape index (κ2) is 8.76. The van der Waals surface area contributed by atoms with Crippen LogP contribution < -0.4 is 10.1 Å². The van der Waals surface area contributed by atoms with Crippen molar-refractivity contribution in [3.8, 4) is 16.9 Å². The third-order valence-corrected chi connectivity index (χ3v) is 5.10. The van der Waals surface area contributed by atoms with Gasteiger partial charge in [-0.2, -0.15) is 0 Å². The molecule has 0 saturated carbocycles. The molecule has 0 aliphatic rings. The zero-order valence-corrected chi connectivity index (χ0v) is 17.5. The summed E-state index contributed by atoms with van der Waals surface area (Å²) >= 11 is 12.3. The van der Waals surface area contributed by atoms with Crippen molar-refractivity contribution in [1.29, 1.82) is 0 Å². The fourth-order valence-corrected chi connectivity index (χ4v) is 3.46. The van der Waals surface area contributed by atoms with E-state index in [0.29, 0.717) is 27.7 Å². The van der Waals surface area contributed by atoms with E-state index in [1.165, 1.54) is 12.1 Å². The van der Waals surface area contributed by atoms with Crippen molar-refractivity contribution in [2.45, 2.75) is 20.0 Å². The van der Waals surface area contributed by atoms with Crippen molar-refractivity contribution in [2.24, 2.45) is 0 Å². The maximum Gasteiger partial charge on any atom is 0.269 e. The minimum absolute atomic E-state index is 0.0687. The Balaban J connectivity index is 1.90. The Kier molecular flexibility index (Phi) is 6.35. The predicted molar refractivity (Wildman–Crippen MR) is 111 cm³/mol. The van der Waals surface area contributed by atoms with Crippen molar-refractivity contribution in [3.63, 3.8) is 0 Å². The summed E-state index contributed by atoms with van der Waals surface area (Å²) in [5.41, 5.74) is 2.86. The highest BCUT2D eigenvalue weighted by molar-refractivity contribution is 6.36. The Labute approximate surface area is 177 Å². The minimum atomic E-state index is -0.602. The lowest BCUT2D eigenvalue weighted by Crippen LogP contribution is -2.18. The van der Waals surface area contributed by atoms with E-state index >= 15 is 0 Å². The molecule has 5 nitrogen and oxygen atoms in total. The van der Waals surface area contributed by atoms with Gasteiger partial charge >= 0.3 is 0 Å². The predicted octanol–water partition coefficient (Wildman–Crippen LogP) is 5.40. The molecule has 29 heavy (non-hydrogen) atoms. The lowest BCUT2D eigenvalue weighted by Gasteiger charge is -2.19. The van der Waals surface area contributed by atoms with Gasteiger partial charge in [0.05, 0.1) is 10.7 Å². The summed E-state index contributed by atoms with van der Waals surface area (Å²) in [5.74, 6) is -0.325. The number of ether oxygens (including phenoxy) is 1. The topological polar surface area (TPSA) is 64.1 Å². The van der Waals surface area contributed by atoms with Crippen LogP contribution in [0.25, 0.3) is 11.1 Å². The largest absolute Gasteiger partial charge is 0.484 e. The van der Waals surface area contributed by atoms with Crippen molar-refractivity contribution in [3.05, 3.63) is 75.5 Å². The highest BCUT2D eigenvalue weighted by Gasteiger charge is 2.20. The molecule has 0 saturated heterocycles. The SMILES string of the molecule is CNC(=O)c1ccc(-c2cnc(C)c(O[C@H](C)c3c(Cl)ccc(F)c3Cl)c2)cn1. The first-order valence-corrected chi connectivity index (χ1v) is 9.52. The van der Waals surface area contributed by atoms with Crippen molar-refractivity contribution >= 4 is 29.1 Å². The number of pyridine rings is 2. The van der Waals surface area contributed by atoms with Gasteiger partial charge in [0, 0.05) is 41.2 Å². The van der Waals surface area contributed by atoms with Gasteiger partial charge in [0.2, 0.25) is 0 Å². The summed E-state index contributed by atoms with van der Waals surface area (Å²) in [6.07, 6.45) is 2.67. The van der Waals surface area contributed by atoms with E-state index in [1.54, 1.807) is 51.5 Å². The van der Waals surface area contributed by atoms with Gasteiger partial charge in [-0.05, 0) is 38.1 Å². The molecule has 8 heteroatoms. The van der Waals surface area contributed by atoms with Crippen LogP contribution in [0.3, 0.4) is 0 Å². The number of hydrogen-bond acceptors (Lipinski definition) is 4. The molecule has 0 fully saturated rings. The Bertz CT molecular complexity index is 1060. The normalized spacial score (nSPS) is 11.8. The van der Waals surface area contributed by atoms with E-state index in [-0.39, 0.29) is 10.9 Å². The Morgan fingerprint density at radius 3 is 2.52 bits per heavy atom. The number of carbonyl (C=O) groups excluding carboxylic acids is 1. The Morgan fingerprint density at radius 2 is 1.86 bits per heavy atom. The molecule has 0 unspecified atom stereocenters. The van der Waals surface area contributed by atoms with Gasteiger partial charge in [-0.1, -0.05) is 29.3 Å². The number of benzene rings is 1. The second-order valence-corrected chi connectivity index (χ2v) is 7.12. The van der Waals surface area contributed by atoms with Crippen LogP contribution in [-0.4, -0.2) is 22.9 Å². The summed E-state index contributed by atoms with van der Waals surface area (Å²) in [4.78, 5) is 20.2. The third-order valence-electron chi connectivity index (χ3n) is 4.39. The van der Waals surface area contributed by atoms with Crippen LogP contribution in [0.1, 0.15) is 34.8 Å². The molecule has 150 valence electrons. The molecule has 1 aromatic carbocycles. The zero-order valence-electron chi connectivity index (χ0n) is 16.0. The average molecular weight is 434 g/mol. The van der Waals surface area contributed by atoms with Gasteiger partial charge in [-0.3, -0.25) is 14.8 Å². The van der Waals surface area contributed by atoms with Crippen LogP contribution in [-0.2, 0) is 0 Å². The molecule has 0 radical (unpaired) electrons. The maximum absolute atomic E-state index is 13.8. The molecule has 2 aromatic heterocycles. The highest BCUT2D eigenvalue weighted by Crippen LogP contribution is 2.36. The summed E-state index contributed by atoms with van der Waals surface area (Å²) in [6.45, 7) is 3.53. The summed E-state index contributed by atoms with van der Waals surface area (Å²) in [7, 11) is 1.55. The smallest absolute Gasteiger partial charge is 0.269 e. The molecule has 0 aliphatic carbocycles. The van der Waals surface area contributed by atoms with Crippen LogP contribution in [0.5, 0.6) is 5.75 Å². The van der Waals surface area contributed by atoms with Crippen molar-refractivity contribution < 1.29 is 13.9 Å². The number of hydrogen-bond donors (Lipinski definition) is 1. The molecule has 0 spiro atoms. The Hall–Kier alpha value is -2.70.